The first-order valence-corrected chi connectivity index (χ1v) is 13.7. The molecule has 0 radical (unpaired) electrons. The van der Waals surface area contributed by atoms with Crippen LogP contribution in [-0.2, 0) is 28.2 Å². The first-order valence-electron chi connectivity index (χ1n) is 9.72. The minimum absolute atomic E-state index is 0.00348. The lowest BCUT2D eigenvalue weighted by Crippen LogP contribution is -2.60. The molecule has 0 saturated carbocycles. The standard InChI is InChI=1S/C17H28F3NO7SSi/c1-6-30(7-2,8-3)28-15-12(9-11(4)27-29(23,24)17(18,19)20)25-10-13-14(15)21(5)16(22)26-13/h12-15H,4,6-10H2,1-3,5H3/t12-,13-,14-,15+/m1/s1. The van der Waals surface area contributed by atoms with Crippen LogP contribution in [0.25, 0.3) is 0 Å². The smallest absolute Gasteiger partial charge is 0.441 e. The van der Waals surface area contributed by atoms with Crippen LogP contribution in [0, 0.1) is 0 Å². The van der Waals surface area contributed by atoms with E-state index in [-0.39, 0.29) is 13.0 Å². The Balaban J connectivity index is 2.28. The third kappa shape index (κ3) is 4.94. The van der Waals surface area contributed by atoms with E-state index in [2.05, 4.69) is 10.8 Å². The molecule has 0 spiro atoms. The van der Waals surface area contributed by atoms with Crippen molar-refractivity contribution in [2.24, 2.45) is 0 Å². The number of amides is 1. The molecule has 30 heavy (non-hydrogen) atoms. The Bertz CT molecular complexity index is 749. The molecule has 2 aliphatic rings. The zero-order valence-electron chi connectivity index (χ0n) is 17.4. The third-order valence-electron chi connectivity index (χ3n) is 5.80. The van der Waals surface area contributed by atoms with Gasteiger partial charge in [-0.05, 0) is 18.1 Å². The molecule has 4 atom stereocenters. The predicted molar refractivity (Wildman–Crippen MR) is 103 cm³/mol. The second kappa shape index (κ2) is 9.05. The van der Waals surface area contributed by atoms with E-state index in [0.717, 1.165) is 18.1 Å². The maximum absolute atomic E-state index is 12.6. The quantitative estimate of drug-likeness (QED) is 0.219. The van der Waals surface area contributed by atoms with Gasteiger partial charge in [-0.2, -0.15) is 21.6 Å². The summed E-state index contributed by atoms with van der Waals surface area (Å²) < 4.78 is 82.1. The summed E-state index contributed by atoms with van der Waals surface area (Å²) in [7, 11) is -6.50. The summed E-state index contributed by atoms with van der Waals surface area (Å²) in [5, 5.41) is 0. The molecule has 174 valence electrons. The Morgan fingerprint density at radius 3 is 2.33 bits per heavy atom. The van der Waals surface area contributed by atoms with Crippen LogP contribution in [0.2, 0.25) is 18.1 Å². The van der Waals surface area contributed by atoms with Gasteiger partial charge in [-0.1, -0.05) is 27.4 Å². The summed E-state index contributed by atoms with van der Waals surface area (Å²) in [5.41, 5.74) is -5.56. The highest BCUT2D eigenvalue weighted by molar-refractivity contribution is 7.87. The van der Waals surface area contributed by atoms with Crippen LogP contribution >= 0.6 is 0 Å². The number of carbonyl (C=O) groups is 1. The van der Waals surface area contributed by atoms with Gasteiger partial charge < -0.3 is 23.0 Å². The molecule has 2 heterocycles. The molecule has 2 rings (SSSR count). The van der Waals surface area contributed by atoms with Gasteiger partial charge in [0.2, 0.25) is 0 Å². The molecule has 8 nitrogen and oxygen atoms in total. The van der Waals surface area contributed by atoms with Gasteiger partial charge in [0.05, 0.1) is 18.8 Å². The molecule has 0 N–H and O–H groups in total. The van der Waals surface area contributed by atoms with Crippen molar-refractivity contribution in [3.63, 3.8) is 0 Å². The van der Waals surface area contributed by atoms with Crippen molar-refractivity contribution in [2.75, 3.05) is 13.7 Å². The van der Waals surface area contributed by atoms with E-state index in [1.54, 1.807) is 7.05 Å². The summed E-state index contributed by atoms with van der Waals surface area (Å²) in [6.45, 7) is 9.35. The number of hydrogen-bond acceptors (Lipinski definition) is 7. The molecule has 0 aliphatic carbocycles. The van der Waals surface area contributed by atoms with Crippen LogP contribution < -0.4 is 0 Å². The van der Waals surface area contributed by atoms with E-state index in [0.29, 0.717) is 0 Å². The van der Waals surface area contributed by atoms with Crippen LogP contribution in [-0.4, -0.2) is 71.2 Å². The van der Waals surface area contributed by atoms with Crippen LogP contribution in [0.5, 0.6) is 0 Å². The predicted octanol–water partition coefficient (Wildman–Crippen LogP) is 3.36. The Labute approximate surface area is 175 Å². The fourth-order valence-electron chi connectivity index (χ4n) is 3.82. The fraction of sp³-hybridized carbons (Fsp3) is 0.824. The Morgan fingerprint density at radius 1 is 1.27 bits per heavy atom. The largest absolute Gasteiger partial charge is 0.534 e. The molecule has 0 aromatic carbocycles. The molecule has 2 saturated heterocycles. The van der Waals surface area contributed by atoms with Crippen molar-refractivity contribution < 1.29 is 44.5 Å². The summed E-state index contributed by atoms with van der Waals surface area (Å²) in [4.78, 5) is 13.4. The van der Waals surface area contributed by atoms with Crippen molar-refractivity contribution in [3.8, 4) is 0 Å². The van der Waals surface area contributed by atoms with Crippen molar-refractivity contribution in [2.45, 2.75) is 75.2 Å². The van der Waals surface area contributed by atoms with Gasteiger partial charge in [0.15, 0.2) is 8.32 Å². The number of likely N-dealkylation sites (N-methyl/N-ethyl adjacent to an activating group) is 1. The lowest BCUT2D eigenvalue weighted by molar-refractivity contribution is -0.127. The maximum Gasteiger partial charge on any atom is 0.534 e. The average Bonchev–Trinajstić information content (AvgIpc) is 2.94. The van der Waals surface area contributed by atoms with Crippen LogP contribution in [0.4, 0.5) is 18.0 Å². The summed E-state index contributed by atoms with van der Waals surface area (Å²) in [6.07, 6.45) is -3.05. The van der Waals surface area contributed by atoms with Crippen molar-refractivity contribution in [1.82, 2.24) is 4.90 Å². The molecular weight excluding hydrogens is 447 g/mol. The molecular formula is C17H28F3NO7SSi. The summed E-state index contributed by atoms with van der Waals surface area (Å²) in [5.74, 6) is -0.617. The number of carbonyl (C=O) groups excluding carboxylic acids is 1. The zero-order valence-corrected chi connectivity index (χ0v) is 19.2. The number of fused-ring (bicyclic) bond motifs is 1. The molecule has 1 amide bonds. The Morgan fingerprint density at radius 2 is 1.83 bits per heavy atom. The van der Waals surface area contributed by atoms with E-state index in [4.69, 9.17) is 13.9 Å². The number of ether oxygens (including phenoxy) is 2. The number of rotatable bonds is 9. The minimum Gasteiger partial charge on any atom is -0.441 e. The van der Waals surface area contributed by atoms with Crippen LogP contribution in [0.1, 0.15) is 27.2 Å². The number of alkyl halides is 3. The van der Waals surface area contributed by atoms with Gasteiger partial charge in [-0.3, -0.25) is 0 Å². The van der Waals surface area contributed by atoms with Gasteiger partial charge in [0, 0.05) is 13.5 Å². The van der Waals surface area contributed by atoms with Crippen molar-refractivity contribution in [1.29, 1.82) is 0 Å². The molecule has 0 aromatic heterocycles. The molecule has 0 aromatic rings. The number of nitrogens with zero attached hydrogens (tertiary/aromatic N) is 1. The van der Waals surface area contributed by atoms with Crippen LogP contribution in [0.15, 0.2) is 12.3 Å². The highest BCUT2D eigenvalue weighted by atomic mass is 32.2. The highest BCUT2D eigenvalue weighted by Gasteiger charge is 2.54. The zero-order chi connectivity index (χ0) is 22.9. The average molecular weight is 476 g/mol. The minimum atomic E-state index is -5.83. The third-order valence-corrected chi connectivity index (χ3v) is 11.5. The van der Waals surface area contributed by atoms with Gasteiger partial charge in [0.1, 0.15) is 17.9 Å². The normalized spacial score (nSPS) is 27.6. The van der Waals surface area contributed by atoms with E-state index < -0.39 is 60.1 Å². The van der Waals surface area contributed by atoms with Crippen LogP contribution in [0.3, 0.4) is 0 Å². The second-order valence-electron chi connectivity index (χ2n) is 7.45. The van der Waals surface area contributed by atoms with Gasteiger partial charge in [-0.25, -0.2) is 4.79 Å². The van der Waals surface area contributed by atoms with Gasteiger partial charge >= 0.3 is 21.7 Å². The fourth-order valence-corrected chi connectivity index (χ4v) is 7.16. The van der Waals surface area contributed by atoms with Crippen molar-refractivity contribution in [3.05, 3.63) is 12.3 Å². The second-order valence-corrected chi connectivity index (χ2v) is 13.7. The van der Waals surface area contributed by atoms with Gasteiger partial charge in [0.25, 0.3) is 0 Å². The molecule has 13 heteroatoms. The first-order chi connectivity index (χ1) is 13.8. The maximum atomic E-state index is 12.6. The first kappa shape index (κ1) is 25.0. The number of hydrogen-bond donors (Lipinski definition) is 0. The molecule has 0 unspecified atom stereocenters. The molecule has 2 fully saturated rings. The highest BCUT2D eigenvalue weighted by Crippen LogP contribution is 2.37. The molecule has 2 aliphatic heterocycles. The SMILES string of the molecule is C=C(C[C@H]1OC[C@H]2OC(=O)N(C)[C@H]2[C@H]1O[Si](CC)(CC)CC)OS(=O)(=O)C(F)(F)F. The monoisotopic (exact) mass is 475 g/mol. The van der Waals surface area contributed by atoms with Crippen molar-refractivity contribution >= 4 is 24.5 Å². The summed E-state index contributed by atoms with van der Waals surface area (Å²) >= 11 is 0. The lowest BCUT2D eigenvalue weighted by atomic mass is 9.95. The Hall–Kier alpha value is -1.31. The summed E-state index contributed by atoms with van der Waals surface area (Å²) in [6, 6.07) is 1.86. The number of halogens is 3. The van der Waals surface area contributed by atoms with E-state index in [1.165, 1.54) is 4.90 Å². The van der Waals surface area contributed by atoms with E-state index in [9.17, 15) is 26.4 Å². The van der Waals surface area contributed by atoms with Gasteiger partial charge in [-0.15, -0.1) is 0 Å². The molecule has 0 bridgehead atoms. The Kier molecular flexibility index (Phi) is 7.52. The topological polar surface area (TPSA) is 91.4 Å². The lowest BCUT2D eigenvalue weighted by Gasteiger charge is -2.44. The van der Waals surface area contributed by atoms with E-state index >= 15 is 0 Å². The van der Waals surface area contributed by atoms with E-state index in [1.807, 2.05) is 20.8 Å².